The predicted octanol–water partition coefficient (Wildman–Crippen LogP) is 5.12. The van der Waals surface area contributed by atoms with Gasteiger partial charge in [-0.1, -0.05) is 11.6 Å². The van der Waals surface area contributed by atoms with Crippen LogP contribution in [0.3, 0.4) is 0 Å². The number of aromatic nitrogens is 2. The SMILES string of the molecule is Cc1cc2cc(Cl)nc(-c3ccc(C(F)(F)F)cc3F)n2c1. The summed E-state index contributed by atoms with van der Waals surface area (Å²) >= 11 is 5.91. The van der Waals surface area contributed by atoms with Crippen molar-refractivity contribution in [1.82, 2.24) is 9.38 Å². The molecule has 0 unspecified atom stereocenters. The lowest BCUT2D eigenvalue weighted by atomic mass is 10.1. The average Bonchev–Trinajstić information content (AvgIpc) is 2.77. The fraction of sp³-hybridized carbons (Fsp3) is 0.133. The Morgan fingerprint density at radius 1 is 1.14 bits per heavy atom. The number of rotatable bonds is 1. The van der Waals surface area contributed by atoms with E-state index in [2.05, 4.69) is 4.98 Å². The molecule has 1 aromatic carbocycles. The van der Waals surface area contributed by atoms with Gasteiger partial charge in [-0.25, -0.2) is 9.37 Å². The van der Waals surface area contributed by atoms with Gasteiger partial charge < -0.3 is 4.40 Å². The van der Waals surface area contributed by atoms with E-state index in [1.807, 2.05) is 13.0 Å². The zero-order valence-electron chi connectivity index (χ0n) is 11.2. The van der Waals surface area contributed by atoms with E-state index in [1.165, 1.54) is 0 Å². The van der Waals surface area contributed by atoms with Gasteiger partial charge in [-0.15, -0.1) is 0 Å². The second kappa shape index (κ2) is 4.98. The van der Waals surface area contributed by atoms with Crippen LogP contribution in [0.25, 0.3) is 16.9 Å². The van der Waals surface area contributed by atoms with E-state index in [1.54, 1.807) is 16.7 Å². The van der Waals surface area contributed by atoms with Crippen molar-refractivity contribution in [3.63, 3.8) is 0 Å². The Bertz CT molecular complexity index is 868. The molecule has 0 atom stereocenters. The Morgan fingerprint density at radius 3 is 2.50 bits per heavy atom. The Morgan fingerprint density at radius 2 is 1.86 bits per heavy atom. The normalized spacial score (nSPS) is 12.1. The van der Waals surface area contributed by atoms with E-state index in [0.29, 0.717) is 11.6 Å². The summed E-state index contributed by atoms with van der Waals surface area (Å²) in [4.78, 5) is 4.04. The van der Waals surface area contributed by atoms with Crippen molar-refractivity contribution in [3.8, 4) is 11.4 Å². The molecule has 2 aromatic heterocycles. The largest absolute Gasteiger partial charge is 0.416 e. The first-order valence-corrected chi connectivity index (χ1v) is 6.66. The van der Waals surface area contributed by atoms with Crippen LogP contribution in [0.5, 0.6) is 0 Å². The summed E-state index contributed by atoms with van der Waals surface area (Å²) in [7, 11) is 0. The summed E-state index contributed by atoms with van der Waals surface area (Å²) < 4.78 is 53.6. The van der Waals surface area contributed by atoms with Crippen molar-refractivity contribution in [2.75, 3.05) is 0 Å². The standard InChI is InChI=1S/C15H9ClF4N2/c1-8-4-10-6-13(16)21-14(22(10)7-8)11-3-2-9(5-12(11)17)15(18,19)20/h2-7H,1H3. The third-order valence-electron chi connectivity index (χ3n) is 3.23. The summed E-state index contributed by atoms with van der Waals surface area (Å²) in [5.74, 6) is -0.848. The first-order chi connectivity index (χ1) is 10.3. The van der Waals surface area contributed by atoms with Gasteiger partial charge in [0, 0.05) is 6.20 Å². The number of nitrogens with zero attached hydrogens (tertiary/aromatic N) is 2. The summed E-state index contributed by atoms with van der Waals surface area (Å²) in [5, 5.41) is 0.139. The molecule has 2 heterocycles. The average molecular weight is 329 g/mol. The molecule has 0 N–H and O–H groups in total. The first kappa shape index (κ1) is 14.8. The molecule has 3 aromatic rings. The van der Waals surface area contributed by atoms with Crippen molar-refractivity contribution in [1.29, 1.82) is 0 Å². The number of hydrogen-bond acceptors (Lipinski definition) is 1. The molecule has 0 saturated carbocycles. The predicted molar refractivity (Wildman–Crippen MR) is 75.3 cm³/mol. The van der Waals surface area contributed by atoms with Crippen LogP contribution in [0.1, 0.15) is 11.1 Å². The highest BCUT2D eigenvalue weighted by Gasteiger charge is 2.31. The number of halogens is 5. The lowest BCUT2D eigenvalue weighted by Gasteiger charge is -2.10. The van der Waals surface area contributed by atoms with Crippen LogP contribution < -0.4 is 0 Å². The van der Waals surface area contributed by atoms with Crippen LogP contribution in [0.4, 0.5) is 17.6 Å². The topological polar surface area (TPSA) is 17.3 Å². The van der Waals surface area contributed by atoms with Crippen LogP contribution in [0.15, 0.2) is 36.5 Å². The van der Waals surface area contributed by atoms with Crippen molar-refractivity contribution in [3.05, 3.63) is 58.6 Å². The van der Waals surface area contributed by atoms with Gasteiger partial charge in [0.25, 0.3) is 0 Å². The van der Waals surface area contributed by atoms with E-state index in [4.69, 9.17) is 11.6 Å². The number of alkyl halides is 3. The molecule has 0 aliphatic carbocycles. The van der Waals surface area contributed by atoms with E-state index in [0.717, 1.165) is 17.7 Å². The molecule has 3 rings (SSSR count). The molecule has 0 spiro atoms. The molecular formula is C15H9ClF4N2. The zero-order valence-corrected chi connectivity index (χ0v) is 12.0. The van der Waals surface area contributed by atoms with Gasteiger partial charge in [-0.3, -0.25) is 0 Å². The van der Waals surface area contributed by atoms with Gasteiger partial charge in [-0.2, -0.15) is 13.2 Å². The highest BCUT2D eigenvalue weighted by atomic mass is 35.5. The molecule has 114 valence electrons. The summed E-state index contributed by atoms with van der Waals surface area (Å²) in [5.41, 5.74) is 0.497. The fourth-order valence-electron chi connectivity index (χ4n) is 2.28. The second-order valence-electron chi connectivity index (χ2n) is 4.91. The Balaban J connectivity index is 2.23. The van der Waals surface area contributed by atoms with Crippen LogP contribution >= 0.6 is 11.6 Å². The van der Waals surface area contributed by atoms with Crippen molar-refractivity contribution >= 4 is 17.1 Å². The third-order valence-corrected chi connectivity index (χ3v) is 3.43. The number of aryl methyl sites for hydroxylation is 1. The molecule has 0 saturated heterocycles. The molecule has 0 fully saturated rings. The van der Waals surface area contributed by atoms with E-state index in [9.17, 15) is 17.6 Å². The van der Waals surface area contributed by atoms with Gasteiger partial charge in [0.05, 0.1) is 16.6 Å². The highest BCUT2D eigenvalue weighted by Crippen LogP contribution is 2.33. The smallest absolute Gasteiger partial charge is 0.301 e. The van der Waals surface area contributed by atoms with Gasteiger partial charge in [0.2, 0.25) is 0 Å². The molecular weight excluding hydrogens is 320 g/mol. The lowest BCUT2D eigenvalue weighted by molar-refractivity contribution is -0.137. The number of hydrogen-bond donors (Lipinski definition) is 0. The minimum Gasteiger partial charge on any atom is -0.301 e. The fourth-order valence-corrected chi connectivity index (χ4v) is 2.48. The number of benzene rings is 1. The van der Waals surface area contributed by atoms with Gasteiger partial charge in [0.15, 0.2) is 0 Å². The van der Waals surface area contributed by atoms with Crippen LogP contribution in [0.2, 0.25) is 5.15 Å². The summed E-state index contributed by atoms with van der Waals surface area (Å²) in [6.45, 7) is 1.84. The summed E-state index contributed by atoms with van der Waals surface area (Å²) in [6, 6.07) is 5.76. The molecule has 0 amide bonds. The Labute approximate surface area is 128 Å². The number of fused-ring (bicyclic) bond motifs is 1. The molecule has 0 bridgehead atoms. The molecule has 2 nitrogen and oxygen atoms in total. The van der Waals surface area contributed by atoms with E-state index >= 15 is 0 Å². The Kier molecular flexibility index (Phi) is 3.36. The van der Waals surface area contributed by atoms with Gasteiger partial charge in [-0.05, 0) is 42.8 Å². The zero-order chi connectivity index (χ0) is 16.1. The molecule has 0 aliphatic heterocycles. The third kappa shape index (κ3) is 2.54. The van der Waals surface area contributed by atoms with Crippen molar-refractivity contribution in [2.24, 2.45) is 0 Å². The van der Waals surface area contributed by atoms with Gasteiger partial charge >= 0.3 is 6.18 Å². The first-order valence-electron chi connectivity index (χ1n) is 6.28. The minimum atomic E-state index is -4.60. The maximum atomic E-state index is 14.1. The van der Waals surface area contributed by atoms with Crippen LogP contribution in [0, 0.1) is 12.7 Å². The monoisotopic (exact) mass is 328 g/mol. The Hall–Kier alpha value is -2.08. The van der Waals surface area contributed by atoms with E-state index < -0.39 is 17.6 Å². The second-order valence-corrected chi connectivity index (χ2v) is 5.29. The van der Waals surface area contributed by atoms with Crippen molar-refractivity contribution < 1.29 is 17.6 Å². The maximum absolute atomic E-state index is 14.1. The minimum absolute atomic E-state index is 0.0453. The lowest BCUT2D eigenvalue weighted by Crippen LogP contribution is -2.06. The maximum Gasteiger partial charge on any atom is 0.416 e. The van der Waals surface area contributed by atoms with E-state index in [-0.39, 0.29) is 16.5 Å². The summed E-state index contributed by atoms with van der Waals surface area (Å²) in [6.07, 6.45) is -2.88. The molecule has 0 aliphatic rings. The van der Waals surface area contributed by atoms with Crippen molar-refractivity contribution in [2.45, 2.75) is 13.1 Å². The molecule has 0 radical (unpaired) electrons. The molecule has 7 heteroatoms. The quantitative estimate of drug-likeness (QED) is 0.447. The van der Waals surface area contributed by atoms with Crippen LogP contribution in [-0.4, -0.2) is 9.38 Å². The van der Waals surface area contributed by atoms with Gasteiger partial charge in [0.1, 0.15) is 16.8 Å². The highest BCUT2D eigenvalue weighted by molar-refractivity contribution is 6.29. The van der Waals surface area contributed by atoms with Crippen LogP contribution in [-0.2, 0) is 6.18 Å². The molecule has 22 heavy (non-hydrogen) atoms.